The first-order valence-corrected chi connectivity index (χ1v) is 12.0. The van der Waals surface area contributed by atoms with Crippen molar-refractivity contribution < 1.29 is 13.9 Å². The van der Waals surface area contributed by atoms with Gasteiger partial charge in [0.25, 0.3) is 0 Å². The summed E-state index contributed by atoms with van der Waals surface area (Å²) < 4.78 is 25.4. The number of morpholine rings is 2. The normalized spacial score (nSPS) is 21.5. The van der Waals surface area contributed by atoms with Gasteiger partial charge in [0.05, 0.1) is 38.5 Å². The van der Waals surface area contributed by atoms with Crippen LogP contribution in [0, 0.1) is 11.7 Å². The Morgan fingerprint density at radius 1 is 1.18 bits per heavy atom. The second kappa shape index (κ2) is 15.1. The molecule has 33 heavy (non-hydrogen) atoms. The van der Waals surface area contributed by atoms with Crippen molar-refractivity contribution in [1.29, 1.82) is 0 Å². The second-order valence-corrected chi connectivity index (χ2v) is 8.97. The van der Waals surface area contributed by atoms with E-state index in [4.69, 9.17) is 14.5 Å². The summed E-state index contributed by atoms with van der Waals surface area (Å²) in [6, 6.07) is 6.88. The Hall–Kier alpha value is -1.01. The van der Waals surface area contributed by atoms with Crippen LogP contribution in [0.15, 0.2) is 29.3 Å². The van der Waals surface area contributed by atoms with Crippen LogP contribution in [0.25, 0.3) is 0 Å². The minimum atomic E-state index is -0.213. The minimum absolute atomic E-state index is 0. The van der Waals surface area contributed by atoms with Gasteiger partial charge in [0.15, 0.2) is 5.96 Å². The molecule has 3 rings (SSSR count). The molecule has 0 radical (unpaired) electrons. The Bertz CT molecular complexity index is 718. The Morgan fingerprint density at radius 3 is 2.67 bits per heavy atom. The molecule has 2 fully saturated rings. The predicted molar refractivity (Wildman–Crippen MR) is 142 cm³/mol. The molecule has 9 heteroatoms. The highest BCUT2D eigenvalue weighted by atomic mass is 127. The van der Waals surface area contributed by atoms with Gasteiger partial charge in [0.1, 0.15) is 5.82 Å². The monoisotopic (exact) mass is 577 g/mol. The Balaban J connectivity index is 0.00000385. The Kier molecular flexibility index (Phi) is 12.9. The third-order valence-electron chi connectivity index (χ3n) is 5.83. The van der Waals surface area contributed by atoms with Gasteiger partial charge in [0.2, 0.25) is 0 Å². The highest BCUT2D eigenvalue weighted by Crippen LogP contribution is 2.23. The van der Waals surface area contributed by atoms with E-state index in [1.807, 2.05) is 6.07 Å². The number of halogens is 2. The SMILES string of the molecule is CCNC(=NCC(c1cccc(F)c1)N1CCOCC1)NCC1CN(CC(C)C)CCO1.I. The first-order valence-electron chi connectivity index (χ1n) is 12.0. The van der Waals surface area contributed by atoms with Gasteiger partial charge in [-0.2, -0.15) is 0 Å². The molecule has 2 aliphatic heterocycles. The summed E-state index contributed by atoms with van der Waals surface area (Å²) in [5.41, 5.74) is 0.950. The summed E-state index contributed by atoms with van der Waals surface area (Å²) in [5, 5.41) is 6.79. The number of guanidine groups is 1. The number of aliphatic imine (C=N–C) groups is 1. The maximum absolute atomic E-state index is 13.9. The minimum Gasteiger partial charge on any atom is -0.379 e. The fourth-order valence-corrected chi connectivity index (χ4v) is 4.35. The van der Waals surface area contributed by atoms with Gasteiger partial charge in [-0.25, -0.2) is 4.39 Å². The Morgan fingerprint density at radius 2 is 1.97 bits per heavy atom. The molecule has 0 aromatic heterocycles. The molecular formula is C24H41FIN5O2. The maximum Gasteiger partial charge on any atom is 0.191 e. The van der Waals surface area contributed by atoms with Crippen LogP contribution >= 0.6 is 24.0 Å². The molecule has 188 valence electrons. The molecule has 2 N–H and O–H groups in total. The molecule has 0 amide bonds. The van der Waals surface area contributed by atoms with Crippen LogP contribution in [0.1, 0.15) is 32.4 Å². The van der Waals surface area contributed by atoms with Crippen molar-refractivity contribution in [3.8, 4) is 0 Å². The zero-order chi connectivity index (χ0) is 22.8. The van der Waals surface area contributed by atoms with Crippen molar-refractivity contribution >= 4 is 29.9 Å². The molecule has 7 nitrogen and oxygen atoms in total. The molecule has 2 atom stereocenters. The van der Waals surface area contributed by atoms with Crippen molar-refractivity contribution in [2.24, 2.45) is 10.9 Å². The van der Waals surface area contributed by atoms with E-state index in [1.165, 1.54) is 6.07 Å². The van der Waals surface area contributed by atoms with Crippen LogP contribution in [0.3, 0.4) is 0 Å². The highest BCUT2D eigenvalue weighted by molar-refractivity contribution is 14.0. The fourth-order valence-electron chi connectivity index (χ4n) is 4.35. The third kappa shape index (κ3) is 9.64. The lowest BCUT2D eigenvalue weighted by Crippen LogP contribution is -2.50. The number of ether oxygens (including phenoxy) is 2. The van der Waals surface area contributed by atoms with Gasteiger partial charge in [-0.05, 0) is 30.5 Å². The lowest BCUT2D eigenvalue weighted by atomic mass is 10.0. The van der Waals surface area contributed by atoms with Crippen LogP contribution < -0.4 is 10.6 Å². The number of nitrogens with one attached hydrogen (secondary N) is 2. The first kappa shape index (κ1) is 28.2. The zero-order valence-corrected chi connectivity index (χ0v) is 22.6. The van der Waals surface area contributed by atoms with E-state index in [-0.39, 0.29) is 41.9 Å². The average Bonchev–Trinajstić information content (AvgIpc) is 2.78. The molecule has 0 saturated carbocycles. The van der Waals surface area contributed by atoms with Crippen LogP contribution in [-0.2, 0) is 9.47 Å². The largest absolute Gasteiger partial charge is 0.379 e. The number of hydrogen-bond donors (Lipinski definition) is 2. The lowest BCUT2D eigenvalue weighted by Gasteiger charge is -2.35. The molecule has 0 aliphatic carbocycles. The summed E-state index contributed by atoms with van der Waals surface area (Å²) in [5.74, 6) is 1.21. The third-order valence-corrected chi connectivity index (χ3v) is 5.83. The Labute approximate surface area is 215 Å². The van der Waals surface area contributed by atoms with E-state index < -0.39 is 0 Å². The highest BCUT2D eigenvalue weighted by Gasteiger charge is 2.24. The molecular weight excluding hydrogens is 536 g/mol. The van der Waals surface area contributed by atoms with E-state index in [9.17, 15) is 4.39 Å². The number of nitrogens with zero attached hydrogens (tertiary/aromatic N) is 3. The smallest absolute Gasteiger partial charge is 0.191 e. The summed E-state index contributed by atoms with van der Waals surface area (Å²) >= 11 is 0. The van der Waals surface area contributed by atoms with Crippen molar-refractivity contribution in [3.63, 3.8) is 0 Å². The van der Waals surface area contributed by atoms with Gasteiger partial charge in [-0.1, -0.05) is 26.0 Å². The van der Waals surface area contributed by atoms with Crippen LogP contribution in [0.5, 0.6) is 0 Å². The molecule has 2 aliphatic rings. The topological polar surface area (TPSA) is 61.4 Å². The molecule has 2 saturated heterocycles. The van der Waals surface area contributed by atoms with Gasteiger partial charge in [0, 0.05) is 45.8 Å². The van der Waals surface area contributed by atoms with Gasteiger partial charge in [-0.3, -0.25) is 14.8 Å². The quantitative estimate of drug-likeness (QED) is 0.268. The summed E-state index contributed by atoms with van der Waals surface area (Å²) in [6.45, 7) is 15.4. The standard InChI is InChI=1S/C24H40FN5O2.HI/c1-4-26-24(27-15-22-18-29(8-13-32-22)17-19(2)3)28-16-23(30-9-11-31-12-10-30)20-6-5-7-21(25)14-20;/h5-7,14,19,22-23H,4,8-13,15-18H2,1-3H3,(H2,26,27,28);1H. The van der Waals surface area contributed by atoms with Crippen molar-refractivity contribution in [3.05, 3.63) is 35.6 Å². The molecule has 1 aromatic carbocycles. The van der Waals surface area contributed by atoms with E-state index >= 15 is 0 Å². The number of hydrogen-bond acceptors (Lipinski definition) is 5. The number of rotatable bonds is 9. The van der Waals surface area contributed by atoms with E-state index in [2.05, 4.69) is 41.2 Å². The van der Waals surface area contributed by atoms with Gasteiger partial charge >= 0.3 is 0 Å². The van der Waals surface area contributed by atoms with E-state index in [0.29, 0.717) is 32.2 Å². The van der Waals surface area contributed by atoms with E-state index in [1.54, 1.807) is 12.1 Å². The maximum atomic E-state index is 13.9. The second-order valence-electron chi connectivity index (χ2n) is 8.97. The molecule has 1 aromatic rings. The average molecular weight is 578 g/mol. The summed E-state index contributed by atoms with van der Waals surface area (Å²) in [7, 11) is 0. The predicted octanol–water partition coefficient (Wildman–Crippen LogP) is 2.73. The van der Waals surface area contributed by atoms with Gasteiger partial charge < -0.3 is 20.1 Å². The van der Waals surface area contributed by atoms with Crippen molar-refractivity contribution in [1.82, 2.24) is 20.4 Å². The molecule has 2 heterocycles. The van der Waals surface area contributed by atoms with Crippen LogP contribution in [-0.4, -0.2) is 94.0 Å². The molecule has 0 bridgehead atoms. The van der Waals surface area contributed by atoms with Gasteiger partial charge in [-0.15, -0.1) is 24.0 Å². The van der Waals surface area contributed by atoms with Crippen molar-refractivity contribution in [2.75, 3.05) is 72.2 Å². The van der Waals surface area contributed by atoms with Crippen LogP contribution in [0.2, 0.25) is 0 Å². The summed E-state index contributed by atoms with van der Waals surface area (Å²) in [4.78, 5) is 9.68. The molecule has 2 unspecified atom stereocenters. The first-order chi connectivity index (χ1) is 15.5. The number of benzene rings is 1. The van der Waals surface area contributed by atoms with E-state index in [0.717, 1.165) is 57.4 Å². The van der Waals surface area contributed by atoms with Crippen molar-refractivity contribution in [2.45, 2.75) is 32.9 Å². The fraction of sp³-hybridized carbons (Fsp3) is 0.708. The van der Waals surface area contributed by atoms with Crippen LogP contribution in [0.4, 0.5) is 4.39 Å². The lowest BCUT2D eigenvalue weighted by molar-refractivity contribution is -0.0284. The summed E-state index contributed by atoms with van der Waals surface area (Å²) in [6.07, 6.45) is 0.143. The zero-order valence-electron chi connectivity index (χ0n) is 20.3. The molecule has 0 spiro atoms.